The minimum atomic E-state index is -4.03. The molecule has 27 heavy (non-hydrogen) atoms. The predicted octanol–water partition coefficient (Wildman–Crippen LogP) is -1.66. The van der Waals surface area contributed by atoms with Gasteiger partial charge in [0.15, 0.2) is 6.29 Å². The van der Waals surface area contributed by atoms with Gasteiger partial charge in [0.1, 0.15) is 24.4 Å². The highest BCUT2D eigenvalue weighted by molar-refractivity contribution is 7.86. The minimum Gasteiger partial charge on any atom is -0.387 e. The van der Waals surface area contributed by atoms with E-state index >= 15 is 0 Å². The standard InChI is InChI=1S/C16H22N2O8S/c1-9(19)17-8-11-13(20)14(26-27(2,23)24)12(16(22)25-11)18-15(21)10-6-4-3-5-7-10/h3-7,11-14,16,20,22H,8H2,1-2H3,(H,17,19)(H,18,21)/t11-,12-,13-,14-,16-/m1/s1. The molecule has 2 rings (SSSR count). The van der Waals surface area contributed by atoms with Crippen LogP contribution in [-0.2, 0) is 23.8 Å². The zero-order valence-electron chi connectivity index (χ0n) is 14.7. The molecule has 1 aromatic rings. The summed E-state index contributed by atoms with van der Waals surface area (Å²) in [6, 6.07) is 6.65. The van der Waals surface area contributed by atoms with Crippen molar-refractivity contribution in [2.75, 3.05) is 12.8 Å². The molecule has 2 amide bonds. The van der Waals surface area contributed by atoms with Crippen molar-refractivity contribution >= 4 is 21.9 Å². The molecule has 4 N–H and O–H groups in total. The maximum Gasteiger partial charge on any atom is 0.264 e. The van der Waals surface area contributed by atoms with Gasteiger partial charge in [0.25, 0.3) is 16.0 Å². The van der Waals surface area contributed by atoms with E-state index in [0.717, 1.165) is 6.26 Å². The summed E-state index contributed by atoms with van der Waals surface area (Å²) in [7, 11) is -4.03. The van der Waals surface area contributed by atoms with Gasteiger partial charge in [-0.05, 0) is 12.1 Å². The van der Waals surface area contributed by atoms with Crippen molar-refractivity contribution in [3.63, 3.8) is 0 Å². The Labute approximate surface area is 156 Å². The van der Waals surface area contributed by atoms with Crippen LogP contribution in [0.15, 0.2) is 30.3 Å². The number of hydrogen-bond donors (Lipinski definition) is 4. The van der Waals surface area contributed by atoms with Gasteiger partial charge in [0.05, 0.1) is 6.26 Å². The van der Waals surface area contributed by atoms with Gasteiger partial charge in [0, 0.05) is 19.0 Å². The Morgan fingerprint density at radius 1 is 1.22 bits per heavy atom. The Balaban J connectivity index is 2.22. The lowest BCUT2D eigenvalue weighted by atomic mass is 9.96. The number of carbonyl (C=O) groups is 2. The molecule has 0 aromatic heterocycles. The number of aliphatic hydroxyl groups is 2. The predicted molar refractivity (Wildman–Crippen MR) is 93.0 cm³/mol. The van der Waals surface area contributed by atoms with Crippen LogP contribution in [0.1, 0.15) is 17.3 Å². The third-order valence-electron chi connectivity index (χ3n) is 3.86. The summed E-state index contributed by atoms with van der Waals surface area (Å²) >= 11 is 0. The lowest BCUT2D eigenvalue weighted by molar-refractivity contribution is -0.238. The van der Waals surface area contributed by atoms with E-state index in [0.29, 0.717) is 0 Å². The van der Waals surface area contributed by atoms with Crippen LogP contribution in [0.3, 0.4) is 0 Å². The van der Waals surface area contributed by atoms with Crippen LogP contribution >= 0.6 is 0 Å². The molecule has 0 saturated carbocycles. The number of aliphatic hydroxyl groups excluding tert-OH is 2. The Hall–Kier alpha value is -2.05. The summed E-state index contributed by atoms with van der Waals surface area (Å²) in [5.41, 5.74) is 0.262. The fraction of sp³-hybridized carbons (Fsp3) is 0.500. The zero-order chi connectivity index (χ0) is 20.2. The summed E-state index contributed by atoms with van der Waals surface area (Å²) in [6.07, 6.45) is -5.10. The molecule has 1 aliphatic rings. The Morgan fingerprint density at radius 3 is 2.41 bits per heavy atom. The number of nitrogens with one attached hydrogen (secondary N) is 2. The van der Waals surface area contributed by atoms with Crippen molar-refractivity contribution in [1.29, 1.82) is 0 Å². The van der Waals surface area contributed by atoms with Gasteiger partial charge in [-0.25, -0.2) is 0 Å². The molecule has 0 unspecified atom stereocenters. The first-order valence-corrected chi connectivity index (χ1v) is 9.90. The Kier molecular flexibility index (Phi) is 6.89. The van der Waals surface area contributed by atoms with Gasteiger partial charge in [-0.15, -0.1) is 0 Å². The second kappa shape index (κ2) is 8.76. The second-order valence-electron chi connectivity index (χ2n) is 6.12. The number of hydrogen-bond acceptors (Lipinski definition) is 8. The molecular weight excluding hydrogens is 380 g/mol. The van der Waals surface area contributed by atoms with Crippen LogP contribution in [0, 0.1) is 0 Å². The van der Waals surface area contributed by atoms with Crippen LogP contribution in [-0.4, -0.2) is 73.9 Å². The van der Waals surface area contributed by atoms with Crippen molar-refractivity contribution in [3.8, 4) is 0 Å². The van der Waals surface area contributed by atoms with Crippen LogP contribution in [0.4, 0.5) is 0 Å². The summed E-state index contributed by atoms with van der Waals surface area (Å²) in [5.74, 6) is -1.02. The number of rotatable bonds is 6. The monoisotopic (exact) mass is 402 g/mol. The summed E-state index contributed by atoms with van der Waals surface area (Å²) in [4.78, 5) is 23.4. The molecule has 1 heterocycles. The fourth-order valence-electron chi connectivity index (χ4n) is 2.64. The van der Waals surface area contributed by atoms with E-state index in [9.17, 15) is 28.2 Å². The molecule has 11 heteroatoms. The first kappa shape index (κ1) is 21.3. The molecule has 0 radical (unpaired) electrons. The van der Waals surface area contributed by atoms with E-state index in [1.54, 1.807) is 18.2 Å². The van der Waals surface area contributed by atoms with Crippen LogP contribution < -0.4 is 10.6 Å². The van der Waals surface area contributed by atoms with E-state index in [-0.39, 0.29) is 12.1 Å². The molecule has 0 spiro atoms. The van der Waals surface area contributed by atoms with E-state index in [4.69, 9.17) is 8.92 Å². The van der Waals surface area contributed by atoms with Crippen molar-refractivity contribution < 1.29 is 37.1 Å². The maximum atomic E-state index is 12.4. The number of carbonyl (C=O) groups excluding carboxylic acids is 2. The van der Waals surface area contributed by atoms with Gasteiger partial charge >= 0.3 is 0 Å². The molecule has 1 fully saturated rings. The van der Waals surface area contributed by atoms with Crippen molar-refractivity contribution in [1.82, 2.24) is 10.6 Å². The molecule has 1 aromatic carbocycles. The van der Waals surface area contributed by atoms with Crippen molar-refractivity contribution in [3.05, 3.63) is 35.9 Å². The van der Waals surface area contributed by atoms with Gasteiger partial charge in [-0.2, -0.15) is 8.42 Å². The van der Waals surface area contributed by atoms with Crippen LogP contribution in [0.5, 0.6) is 0 Å². The maximum absolute atomic E-state index is 12.4. The lowest BCUT2D eigenvalue weighted by Crippen LogP contribution is -2.66. The average Bonchev–Trinajstić information content (AvgIpc) is 2.59. The average molecular weight is 402 g/mol. The summed E-state index contributed by atoms with van der Waals surface area (Å²) in [6.45, 7) is 1.07. The largest absolute Gasteiger partial charge is 0.387 e. The molecule has 150 valence electrons. The quantitative estimate of drug-likeness (QED) is 0.413. The van der Waals surface area contributed by atoms with Gasteiger partial charge in [-0.1, -0.05) is 18.2 Å². The van der Waals surface area contributed by atoms with Gasteiger partial charge in [0.2, 0.25) is 5.91 Å². The fourth-order valence-corrected chi connectivity index (χ4v) is 3.28. The number of amides is 2. The van der Waals surface area contributed by atoms with Crippen LogP contribution in [0.2, 0.25) is 0 Å². The lowest BCUT2D eigenvalue weighted by Gasteiger charge is -2.42. The van der Waals surface area contributed by atoms with E-state index in [1.165, 1.54) is 19.1 Å². The van der Waals surface area contributed by atoms with E-state index in [2.05, 4.69) is 10.6 Å². The van der Waals surface area contributed by atoms with Gasteiger partial charge in [-0.3, -0.25) is 13.8 Å². The highest BCUT2D eigenvalue weighted by Crippen LogP contribution is 2.24. The Bertz CT molecular complexity index is 770. The Morgan fingerprint density at radius 2 is 1.85 bits per heavy atom. The first-order chi connectivity index (χ1) is 12.6. The molecule has 0 aliphatic carbocycles. The van der Waals surface area contributed by atoms with Gasteiger partial charge < -0.3 is 25.6 Å². The molecule has 5 atom stereocenters. The van der Waals surface area contributed by atoms with Crippen molar-refractivity contribution in [2.45, 2.75) is 37.6 Å². The highest BCUT2D eigenvalue weighted by Gasteiger charge is 2.47. The SMILES string of the molecule is CC(=O)NC[C@H]1O[C@@H](O)[C@H](NC(=O)c2ccccc2)[C@@H](OS(C)(=O)=O)[C@@H]1O. The van der Waals surface area contributed by atoms with Crippen molar-refractivity contribution in [2.24, 2.45) is 0 Å². The third-order valence-corrected chi connectivity index (χ3v) is 4.44. The smallest absolute Gasteiger partial charge is 0.264 e. The number of benzene rings is 1. The highest BCUT2D eigenvalue weighted by atomic mass is 32.2. The minimum absolute atomic E-state index is 0.184. The first-order valence-electron chi connectivity index (χ1n) is 8.08. The summed E-state index contributed by atoms with van der Waals surface area (Å²) < 4.78 is 33.3. The molecule has 1 saturated heterocycles. The van der Waals surface area contributed by atoms with E-state index < -0.39 is 52.6 Å². The summed E-state index contributed by atoms with van der Waals surface area (Å²) in [5, 5.41) is 25.5. The van der Waals surface area contributed by atoms with E-state index in [1.807, 2.05) is 0 Å². The normalized spacial score (nSPS) is 28.4. The second-order valence-corrected chi connectivity index (χ2v) is 7.72. The molecular formula is C16H22N2O8S. The number of ether oxygens (including phenoxy) is 1. The topological polar surface area (TPSA) is 151 Å². The molecule has 1 aliphatic heterocycles. The zero-order valence-corrected chi connectivity index (χ0v) is 15.5. The molecule has 0 bridgehead atoms. The van der Waals surface area contributed by atoms with Crippen LogP contribution in [0.25, 0.3) is 0 Å². The molecule has 10 nitrogen and oxygen atoms in total. The third kappa shape index (κ3) is 5.97.